The van der Waals surface area contributed by atoms with Gasteiger partial charge < -0.3 is 4.90 Å². The van der Waals surface area contributed by atoms with Crippen LogP contribution in [-0.4, -0.2) is 52.9 Å². The van der Waals surface area contributed by atoms with Crippen LogP contribution in [0.4, 0.5) is 0 Å². The van der Waals surface area contributed by atoms with Crippen LogP contribution >= 0.6 is 0 Å². The Morgan fingerprint density at radius 3 is 2.50 bits per heavy atom. The maximum atomic E-state index is 11.8. The minimum absolute atomic E-state index is 0.0747. The summed E-state index contributed by atoms with van der Waals surface area (Å²) in [5.74, 6) is -0.141. The molecule has 6 heteroatoms. The van der Waals surface area contributed by atoms with Crippen LogP contribution in [0.25, 0.3) is 0 Å². The highest BCUT2D eigenvalue weighted by atomic mass is 16.2. The third-order valence-corrected chi connectivity index (χ3v) is 2.88. The van der Waals surface area contributed by atoms with Crippen molar-refractivity contribution in [2.75, 3.05) is 26.2 Å². The Morgan fingerprint density at radius 1 is 1.22 bits per heavy atom. The van der Waals surface area contributed by atoms with Crippen LogP contribution in [0, 0.1) is 0 Å². The Balaban J connectivity index is 1.85. The lowest BCUT2D eigenvalue weighted by molar-refractivity contribution is -0.130. The second kappa shape index (κ2) is 5.59. The first-order valence-electron chi connectivity index (χ1n) is 5.89. The Morgan fingerprint density at radius 2 is 1.94 bits per heavy atom. The van der Waals surface area contributed by atoms with Gasteiger partial charge in [-0.15, -0.1) is 0 Å². The zero-order chi connectivity index (χ0) is 13.0. The van der Waals surface area contributed by atoms with E-state index < -0.39 is 0 Å². The zero-order valence-electron chi connectivity index (χ0n) is 10.3. The van der Waals surface area contributed by atoms with E-state index >= 15 is 0 Å². The van der Waals surface area contributed by atoms with Crippen molar-refractivity contribution in [1.82, 2.24) is 20.3 Å². The predicted molar refractivity (Wildman–Crippen MR) is 65.5 cm³/mol. The highest BCUT2D eigenvalue weighted by Gasteiger charge is 2.20. The molecule has 1 aromatic rings. The molecule has 6 nitrogen and oxygen atoms in total. The predicted octanol–water partition coefficient (Wildman–Crippen LogP) is -0.110. The molecule has 0 aliphatic carbocycles. The number of rotatable bonds is 2. The first kappa shape index (κ1) is 12.5. The molecule has 1 aliphatic rings. The fraction of sp³-hybridized carbons (Fsp3) is 0.417. The number of amides is 2. The molecule has 0 saturated carbocycles. The molecule has 18 heavy (non-hydrogen) atoms. The second-order valence-corrected chi connectivity index (χ2v) is 4.15. The SMILES string of the molecule is CC(=O)N1CCN(NC(=O)c2ccccn2)CC1. The molecule has 0 spiro atoms. The maximum Gasteiger partial charge on any atom is 0.284 e. The minimum atomic E-state index is -0.216. The molecule has 1 N–H and O–H groups in total. The van der Waals surface area contributed by atoms with Gasteiger partial charge in [0.15, 0.2) is 0 Å². The van der Waals surface area contributed by atoms with Crippen LogP contribution < -0.4 is 5.43 Å². The van der Waals surface area contributed by atoms with Gasteiger partial charge in [-0.2, -0.15) is 0 Å². The molecular formula is C12H16N4O2. The molecule has 96 valence electrons. The highest BCUT2D eigenvalue weighted by molar-refractivity contribution is 5.91. The van der Waals surface area contributed by atoms with E-state index in [1.807, 2.05) is 5.01 Å². The average Bonchev–Trinajstić information content (AvgIpc) is 2.40. The van der Waals surface area contributed by atoms with E-state index in [9.17, 15) is 9.59 Å². The number of hydrazine groups is 1. The summed E-state index contributed by atoms with van der Waals surface area (Å²) in [5, 5.41) is 1.82. The van der Waals surface area contributed by atoms with E-state index in [0.29, 0.717) is 31.9 Å². The average molecular weight is 248 g/mol. The molecule has 0 radical (unpaired) electrons. The Labute approximate surface area is 106 Å². The molecule has 2 rings (SSSR count). The fourth-order valence-electron chi connectivity index (χ4n) is 1.83. The second-order valence-electron chi connectivity index (χ2n) is 4.15. The van der Waals surface area contributed by atoms with Crippen molar-refractivity contribution in [3.05, 3.63) is 30.1 Å². The molecule has 1 saturated heterocycles. The molecule has 1 aliphatic heterocycles. The van der Waals surface area contributed by atoms with Gasteiger partial charge >= 0.3 is 0 Å². The van der Waals surface area contributed by atoms with E-state index in [2.05, 4.69) is 10.4 Å². The zero-order valence-corrected chi connectivity index (χ0v) is 10.3. The van der Waals surface area contributed by atoms with Gasteiger partial charge in [0, 0.05) is 39.3 Å². The summed E-state index contributed by atoms with van der Waals surface area (Å²) in [4.78, 5) is 28.7. The summed E-state index contributed by atoms with van der Waals surface area (Å²) < 4.78 is 0. The van der Waals surface area contributed by atoms with Gasteiger partial charge in [-0.1, -0.05) is 6.07 Å². The van der Waals surface area contributed by atoms with E-state index in [1.54, 1.807) is 36.2 Å². The first-order chi connectivity index (χ1) is 8.66. The molecule has 0 bridgehead atoms. The third kappa shape index (κ3) is 3.04. The number of nitrogens with one attached hydrogen (secondary N) is 1. The molecule has 2 heterocycles. The van der Waals surface area contributed by atoms with Gasteiger partial charge in [0.25, 0.3) is 5.91 Å². The van der Waals surface area contributed by atoms with Gasteiger partial charge in [-0.25, -0.2) is 5.01 Å². The Bertz CT molecular complexity index is 427. The molecule has 1 fully saturated rings. The van der Waals surface area contributed by atoms with Crippen molar-refractivity contribution in [2.24, 2.45) is 0 Å². The number of piperazine rings is 1. The standard InChI is InChI=1S/C12H16N4O2/c1-10(17)15-6-8-16(9-7-15)14-12(18)11-4-2-3-5-13-11/h2-5H,6-9H2,1H3,(H,14,18). The van der Waals surface area contributed by atoms with Crippen LogP contribution in [0.1, 0.15) is 17.4 Å². The van der Waals surface area contributed by atoms with Crippen molar-refractivity contribution in [3.8, 4) is 0 Å². The molecule has 0 atom stereocenters. The van der Waals surface area contributed by atoms with Crippen LogP contribution in [-0.2, 0) is 4.79 Å². The third-order valence-electron chi connectivity index (χ3n) is 2.88. The summed E-state index contributed by atoms with van der Waals surface area (Å²) in [6.07, 6.45) is 1.59. The van der Waals surface area contributed by atoms with Gasteiger partial charge in [0.05, 0.1) is 0 Å². The number of carbonyl (C=O) groups excluding carboxylic acids is 2. The molecule has 0 aromatic carbocycles. The van der Waals surface area contributed by atoms with Gasteiger partial charge in [-0.05, 0) is 12.1 Å². The monoisotopic (exact) mass is 248 g/mol. The smallest absolute Gasteiger partial charge is 0.284 e. The van der Waals surface area contributed by atoms with E-state index in [1.165, 1.54) is 0 Å². The van der Waals surface area contributed by atoms with Crippen molar-refractivity contribution >= 4 is 11.8 Å². The number of pyridine rings is 1. The van der Waals surface area contributed by atoms with Gasteiger partial charge in [0.2, 0.25) is 5.91 Å². The topological polar surface area (TPSA) is 65.5 Å². The molecule has 0 unspecified atom stereocenters. The lowest BCUT2D eigenvalue weighted by atomic mass is 10.3. The summed E-state index contributed by atoms with van der Waals surface area (Å²) in [6.45, 7) is 4.11. The number of carbonyl (C=O) groups is 2. The number of hydrogen-bond donors (Lipinski definition) is 1. The summed E-state index contributed by atoms with van der Waals surface area (Å²) in [5.41, 5.74) is 3.18. The summed E-state index contributed by atoms with van der Waals surface area (Å²) >= 11 is 0. The van der Waals surface area contributed by atoms with Crippen molar-refractivity contribution in [1.29, 1.82) is 0 Å². The Hall–Kier alpha value is -1.95. The summed E-state index contributed by atoms with van der Waals surface area (Å²) in [7, 11) is 0. The lowest BCUT2D eigenvalue weighted by Crippen LogP contribution is -2.54. The number of nitrogens with zero attached hydrogens (tertiary/aromatic N) is 3. The molecular weight excluding hydrogens is 232 g/mol. The van der Waals surface area contributed by atoms with Crippen molar-refractivity contribution in [3.63, 3.8) is 0 Å². The quantitative estimate of drug-likeness (QED) is 0.793. The number of hydrogen-bond acceptors (Lipinski definition) is 4. The van der Waals surface area contributed by atoms with Crippen molar-refractivity contribution < 1.29 is 9.59 Å². The lowest BCUT2D eigenvalue weighted by Gasteiger charge is -2.33. The fourth-order valence-corrected chi connectivity index (χ4v) is 1.83. The van der Waals surface area contributed by atoms with Crippen LogP contribution in [0.15, 0.2) is 24.4 Å². The molecule has 2 amide bonds. The van der Waals surface area contributed by atoms with E-state index in [-0.39, 0.29) is 11.8 Å². The van der Waals surface area contributed by atoms with Gasteiger partial charge in [0.1, 0.15) is 5.69 Å². The van der Waals surface area contributed by atoms with Crippen LogP contribution in [0.2, 0.25) is 0 Å². The van der Waals surface area contributed by atoms with Crippen molar-refractivity contribution in [2.45, 2.75) is 6.92 Å². The first-order valence-corrected chi connectivity index (χ1v) is 5.89. The van der Waals surface area contributed by atoms with Crippen LogP contribution in [0.5, 0.6) is 0 Å². The van der Waals surface area contributed by atoms with E-state index in [0.717, 1.165) is 0 Å². The van der Waals surface area contributed by atoms with E-state index in [4.69, 9.17) is 0 Å². The van der Waals surface area contributed by atoms with Gasteiger partial charge in [-0.3, -0.25) is 20.0 Å². The largest absolute Gasteiger partial charge is 0.340 e. The maximum absolute atomic E-state index is 11.8. The Kier molecular flexibility index (Phi) is 3.88. The number of aromatic nitrogens is 1. The molecule has 1 aromatic heterocycles. The minimum Gasteiger partial charge on any atom is -0.340 e. The normalized spacial score (nSPS) is 16.4. The highest BCUT2D eigenvalue weighted by Crippen LogP contribution is 2.01. The summed E-state index contributed by atoms with van der Waals surface area (Å²) in [6, 6.07) is 5.21. The van der Waals surface area contributed by atoms with Crippen LogP contribution in [0.3, 0.4) is 0 Å².